The molecule has 3 heterocycles. The molecule has 0 radical (unpaired) electrons. The Morgan fingerprint density at radius 3 is 2.47 bits per heavy atom. The molecule has 2 saturated heterocycles. The third-order valence-electron chi connectivity index (χ3n) is 7.09. The molecule has 3 N–H and O–H groups in total. The Hall–Kier alpha value is -2.23. The van der Waals surface area contributed by atoms with Crippen molar-refractivity contribution in [1.82, 2.24) is 19.9 Å². The van der Waals surface area contributed by atoms with Gasteiger partial charge in [-0.2, -0.15) is 0 Å². The fraction of sp³-hybridized carbons (Fsp3) is 0.625. The molecule has 0 unspecified atom stereocenters. The van der Waals surface area contributed by atoms with E-state index < -0.39 is 58.6 Å². The number of hydrogen-bond acceptors (Lipinski definition) is 9. The van der Waals surface area contributed by atoms with E-state index in [0.29, 0.717) is 32.6 Å². The molecule has 2 aromatic rings. The van der Waals surface area contributed by atoms with Crippen molar-refractivity contribution in [2.24, 2.45) is 0 Å². The van der Waals surface area contributed by atoms with Crippen molar-refractivity contribution >= 4 is 17.7 Å². The number of nitrogens with zero attached hydrogens (tertiary/aromatic N) is 4. The topological polar surface area (TPSA) is 130 Å². The van der Waals surface area contributed by atoms with Crippen LogP contribution in [0.1, 0.15) is 32.2 Å². The first-order chi connectivity index (χ1) is 18.1. The minimum Gasteiger partial charge on any atom is -0.394 e. The first-order valence-corrected chi connectivity index (χ1v) is 13.2. The number of hydrogen-bond donors (Lipinski definition) is 3. The lowest BCUT2D eigenvalue weighted by atomic mass is 9.94. The maximum Gasteiger partial charge on any atom is 0.223 e. The number of rotatable bonds is 8. The van der Waals surface area contributed by atoms with Gasteiger partial charge >= 0.3 is 0 Å². The van der Waals surface area contributed by atoms with E-state index in [4.69, 9.17) is 9.47 Å². The normalized spacial score (nSPS) is 27.3. The molecule has 0 spiro atoms. The van der Waals surface area contributed by atoms with Gasteiger partial charge in [0.05, 0.1) is 12.8 Å². The highest BCUT2D eigenvalue weighted by atomic mass is 32.2. The number of thioether (sulfide) groups is 1. The van der Waals surface area contributed by atoms with E-state index in [-0.39, 0.29) is 23.6 Å². The van der Waals surface area contributed by atoms with E-state index in [2.05, 4.69) is 10.3 Å². The molecule has 10 nitrogen and oxygen atoms in total. The monoisotopic (exact) mass is 560 g/mol. The molecule has 38 heavy (non-hydrogen) atoms. The fourth-order valence-corrected chi connectivity index (χ4v) is 6.25. The number of aliphatic hydroxyl groups is 3. The summed E-state index contributed by atoms with van der Waals surface area (Å²) >= 11 is 1.26. The highest BCUT2D eigenvalue weighted by Gasteiger charge is 2.50. The van der Waals surface area contributed by atoms with E-state index in [9.17, 15) is 33.3 Å². The largest absolute Gasteiger partial charge is 0.394 e. The van der Waals surface area contributed by atoms with Gasteiger partial charge in [-0.05, 0) is 31.9 Å². The van der Waals surface area contributed by atoms with Crippen molar-refractivity contribution in [2.45, 2.75) is 60.7 Å². The van der Waals surface area contributed by atoms with Gasteiger partial charge in [-0.3, -0.25) is 4.79 Å². The molecule has 2 aliphatic rings. The zero-order valence-corrected chi connectivity index (χ0v) is 21.8. The van der Waals surface area contributed by atoms with E-state index in [0.717, 1.165) is 16.8 Å². The lowest BCUT2D eigenvalue weighted by Gasteiger charge is -2.46. The Labute approximate surface area is 221 Å². The summed E-state index contributed by atoms with van der Waals surface area (Å²) in [5, 5.41) is 39.9. The lowest BCUT2D eigenvalue weighted by molar-refractivity contribution is -0.179. The molecular weight excluding hydrogens is 529 g/mol. The number of ether oxygens (including phenoxy) is 2. The summed E-state index contributed by atoms with van der Waals surface area (Å²) < 4.78 is 52.8. The Morgan fingerprint density at radius 1 is 1.21 bits per heavy atom. The van der Waals surface area contributed by atoms with E-state index >= 15 is 0 Å². The molecule has 1 aromatic carbocycles. The number of aliphatic hydroxyl groups excluding tert-OH is 3. The maximum absolute atomic E-state index is 13.7. The van der Waals surface area contributed by atoms with Gasteiger partial charge < -0.3 is 29.7 Å². The Kier molecular flexibility index (Phi) is 9.00. The maximum atomic E-state index is 13.7. The Bertz CT molecular complexity index is 1110. The standard InChI is InChI=1S/C24H31F3N4O6S/c1-3-30(2)18(33)10-24(4-6-36-7-5-24)38-23-22(35)20(21(34)17(12-32)37-23)31-11-16(28-29-31)13-8-14(25)19(27)15(26)9-13/h8-9,11,17,20-23,32,34-35H,3-7,10,12H2,1-2H3/t17-,20+,21+,22-,23+/m1/s1. The average molecular weight is 561 g/mol. The van der Waals surface area contributed by atoms with E-state index in [1.807, 2.05) is 6.92 Å². The molecule has 2 fully saturated rings. The van der Waals surface area contributed by atoms with Crippen LogP contribution >= 0.6 is 11.8 Å². The fourth-order valence-electron chi connectivity index (χ4n) is 4.65. The summed E-state index contributed by atoms with van der Waals surface area (Å²) in [5.41, 5.74) is -1.08. The first kappa shape index (κ1) is 28.8. The van der Waals surface area contributed by atoms with Crippen molar-refractivity contribution in [3.63, 3.8) is 0 Å². The molecular formula is C24H31F3N4O6S. The van der Waals surface area contributed by atoms with Gasteiger partial charge in [0.15, 0.2) is 17.5 Å². The van der Waals surface area contributed by atoms with Gasteiger partial charge in [-0.1, -0.05) is 5.21 Å². The van der Waals surface area contributed by atoms with Crippen molar-refractivity contribution in [2.75, 3.05) is 33.4 Å². The predicted molar refractivity (Wildman–Crippen MR) is 130 cm³/mol. The van der Waals surface area contributed by atoms with Crippen LogP contribution in [-0.4, -0.2) is 103 Å². The third kappa shape index (κ3) is 5.84. The molecule has 0 saturated carbocycles. The van der Waals surface area contributed by atoms with Gasteiger partial charge in [0.25, 0.3) is 0 Å². The lowest BCUT2D eigenvalue weighted by Crippen LogP contribution is -2.56. The highest BCUT2D eigenvalue weighted by Crippen LogP contribution is 2.46. The van der Waals surface area contributed by atoms with Crippen LogP contribution in [0.2, 0.25) is 0 Å². The van der Waals surface area contributed by atoms with Gasteiger partial charge in [-0.15, -0.1) is 16.9 Å². The molecule has 0 bridgehead atoms. The summed E-state index contributed by atoms with van der Waals surface area (Å²) in [6.45, 7) is 2.69. The SMILES string of the molecule is CCN(C)C(=O)CC1(S[C@@H]2O[C@H](CO)[C@H](O)[C@H](n3cc(-c4cc(F)c(F)c(F)c4)nn3)[C@H]2O)CCOCC1. The summed E-state index contributed by atoms with van der Waals surface area (Å²) in [6, 6.07) is 0.372. The second kappa shape index (κ2) is 11.9. The van der Waals surface area contributed by atoms with Crippen molar-refractivity contribution in [3.05, 3.63) is 35.8 Å². The van der Waals surface area contributed by atoms with Crippen LogP contribution in [-0.2, 0) is 14.3 Å². The highest BCUT2D eigenvalue weighted by molar-refractivity contribution is 8.01. The zero-order chi connectivity index (χ0) is 27.6. The van der Waals surface area contributed by atoms with Crippen LogP contribution in [0, 0.1) is 17.5 Å². The third-order valence-corrected chi connectivity index (χ3v) is 8.76. The van der Waals surface area contributed by atoms with Crippen LogP contribution < -0.4 is 0 Å². The van der Waals surface area contributed by atoms with E-state index in [1.54, 1.807) is 11.9 Å². The molecule has 1 amide bonds. The van der Waals surface area contributed by atoms with Crippen LogP contribution in [0.15, 0.2) is 18.3 Å². The number of carbonyl (C=O) groups is 1. The molecule has 210 valence electrons. The zero-order valence-electron chi connectivity index (χ0n) is 21.0. The molecule has 5 atom stereocenters. The Morgan fingerprint density at radius 2 is 1.87 bits per heavy atom. The van der Waals surface area contributed by atoms with E-state index in [1.165, 1.54) is 18.0 Å². The van der Waals surface area contributed by atoms with Crippen molar-refractivity contribution in [3.8, 4) is 11.3 Å². The van der Waals surface area contributed by atoms with Gasteiger partial charge in [0, 0.05) is 43.5 Å². The minimum absolute atomic E-state index is 0.0208. The molecule has 0 aliphatic carbocycles. The number of benzene rings is 1. The summed E-state index contributed by atoms with van der Waals surface area (Å²) in [5.74, 6) is -4.49. The smallest absolute Gasteiger partial charge is 0.223 e. The first-order valence-electron chi connectivity index (χ1n) is 12.3. The number of halogens is 3. The average Bonchev–Trinajstić information content (AvgIpc) is 3.38. The second-order valence-electron chi connectivity index (χ2n) is 9.53. The van der Waals surface area contributed by atoms with Gasteiger partial charge in [-0.25, -0.2) is 17.9 Å². The Balaban J connectivity index is 1.61. The molecule has 14 heteroatoms. The minimum atomic E-state index is -1.62. The summed E-state index contributed by atoms with van der Waals surface area (Å²) in [6.07, 6.45) is -1.38. The van der Waals surface area contributed by atoms with Crippen LogP contribution in [0.25, 0.3) is 11.3 Å². The number of amides is 1. The molecule has 2 aliphatic heterocycles. The molecule has 4 rings (SSSR count). The van der Waals surface area contributed by atoms with Crippen LogP contribution in [0.3, 0.4) is 0 Å². The van der Waals surface area contributed by atoms with Crippen LogP contribution in [0.5, 0.6) is 0 Å². The quantitative estimate of drug-likeness (QED) is 0.411. The number of aromatic nitrogens is 3. The molecule has 1 aromatic heterocycles. The summed E-state index contributed by atoms with van der Waals surface area (Å²) in [4.78, 5) is 14.4. The van der Waals surface area contributed by atoms with Crippen molar-refractivity contribution in [1.29, 1.82) is 0 Å². The predicted octanol–water partition coefficient (Wildman–Crippen LogP) is 1.49. The van der Waals surface area contributed by atoms with Crippen LogP contribution in [0.4, 0.5) is 13.2 Å². The second-order valence-corrected chi connectivity index (χ2v) is 11.1. The van der Waals surface area contributed by atoms with Gasteiger partial charge in [0.1, 0.15) is 35.5 Å². The van der Waals surface area contributed by atoms with Gasteiger partial charge in [0.2, 0.25) is 5.91 Å². The number of carbonyl (C=O) groups excluding carboxylic acids is 1. The van der Waals surface area contributed by atoms with Crippen molar-refractivity contribution < 1.29 is 42.8 Å². The summed E-state index contributed by atoms with van der Waals surface area (Å²) in [7, 11) is 1.71.